The van der Waals surface area contributed by atoms with E-state index in [-0.39, 0.29) is 23.9 Å². The van der Waals surface area contributed by atoms with Crippen molar-refractivity contribution in [2.24, 2.45) is 22.7 Å². The summed E-state index contributed by atoms with van der Waals surface area (Å²) in [5.41, 5.74) is 5.60. The Hall–Kier alpha value is -4.72. The summed E-state index contributed by atoms with van der Waals surface area (Å²) < 4.78 is 7.11. The number of hydrogen-bond acceptors (Lipinski definition) is 5. The molecule has 8 nitrogen and oxygen atoms in total. The van der Waals surface area contributed by atoms with Crippen LogP contribution in [0.25, 0.3) is 5.69 Å². The fourth-order valence-corrected chi connectivity index (χ4v) is 8.98. The quantitative estimate of drug-likeness (QED) is 0.194. The number of amides is 2. The number of H-pyrrole nitrogens is 1. The fourth-order valence-electron chi connectivity index (χ4n) is 8.98. The van der Waals surface area contributed by atoms with Crippen molar-refractivity contribution in [3.8, 4) is 11.4 Å². The first kappa shape index (κ1) is 27.8. The zero-order chi connectivity index (χ0) is 30.9. The molecular weight excluding hydrogens is 564 g/mol. The SMILES string of the molecule is COc1ccc(N=Cc2c(C)[nH]n(-c3ccc(C45CC6CC(CC(C6)C4)C5)cc3)c2=O)cc1CN1C(=O)c2ccccc2C1=O. The second-order valence-electron chi connectivity index (χ2n) is 13.5. The molecule has 8 heteroatoms. The number of aromatic nitrogens is 2. The Morgan fingerprint density at radius 1 is 0.889 bits per heavy atom. The number of imide groups is 1. The van der Waals surface area contributed by atoms with Crippen LogP contribution in [0.3, 0.4) is 0 Å². The van der Waals surface area contributed by atoms with E-state index in [1.165, 1.54) is 49.0 Å². The van der Waals surface area contributed by atoms with E-state index < -0.39 is 0 Å². The molecule has 0 unspecified atom stereocenters. The number of aryl methyl sites for hydroxylation is 1. The molecule has 0 spiro atoms. The van der Waals surface area contributed by atoms with E-state index in [9.17, 15) is 14.4 Å². The molecule has 228 valence electrons. The first-order valence-electron chi connectivity index (χ1n) is 15.9. The summed E-state index contributed by atoms with van der Waals surface area (Å²) in [7, 11) is 1.55. The molecule has 0 saturated heterocycles. The van der Waals surface area contributed by atoms with Crippen molar-refractivity contribution < 1.29 is 14.3 Å². The molecule has 1 aliphatic heterocycles. The molecule has 4 aliphatic carbocycles. The van der Waals surface area contributed by atoms with Gasteiger partial charge in [-0.1, -0.05) is 24.3 Å². The lowest BCUT2D eigenvalue weighted by molar-refractivity contribution is -0.00519. The summed E-state index contributed by atoms with van der Waals surface area (Å²) >= 11 is 0. The van der Waals surface area contributed by atoms with Crippen LogP contribution < -0.4 is 10.3 Å². The van der Waals surface area contributed by atoms with E-state index in [2.05, 4.69) is 34.4 Å². The van der Waals surface area contributed by atoms with Gasteiger partial charge in [-0.2, -0.15) is 0 Å². The largest absolute Gasteiger partial charge is 0.496 e. The first-order valence-corrected chi connectivity index (χ1v) is 15.9. The summed E-state index contributed by atoms with van der Waals surface area (Å²) in [6, 6.07) is 20.8. The van der Waals surface area contributed by atoms with Crippen LogP contribution in [0.2, 0.25) is 0 Å². The number of nitrogens with one attached hydrogen (secondary N) is 1. The van der Waals surface area contributed by atoms with Gasteiger partial charge >= 0.3 is 0 Å². The van der Waals surface area contributed by atoms with E-state index in [4.69, 9.17) is 4.74 Å². The summed E-state index contributed by atoms with van der Waals surface area (Å²) in [6.07, 6.45) is 9.77. The maximum atomic E-state index is 13.5. The van der Waals surface area contributed by atoms with Crippen molar-refractivity contribution in [2.75, 3.05) is 7.11 Å². The molecule has 4 aromatic rings. The number of ether oxygens (including phenoxy) is 1. The number of methoxy groups -OCH3 is 1. The highest BCUT2D eigenvalue weighted by Crippen LogP contribution is 2.60. The highest BCUT2D eigenvalue weighted by Gasteiger charge is 2.51. The molecule has 4 bridgehead atoms. The van der Waals surface area contributed by atoms with Crippen molar-refractivity contribution in [2.45, 2.75) is 57.4 Å². The smallest absolute Gasteiger partial charge is 0.280 e. The Kier molecular flexibility index (Phi) is 6.45. The average Bonchev–Trinajstić information content (AvgIpc) is 3.46. The molecule has 9 rings (SSSR count). The summed E-state index contributed by atoms with van der Waals surface area (Å²) in [4.78, 5) is 45.3. The van der Waals surface area contributed by atoms with E-state index in [1.54, 1.807) is 60.5 Å². The lowest BCUT2D eigenvalue weighted by Gasteiger charge is -2.57. The number of aromatic amines is 1. The van der Waals surface area contributed by atoms with Crippen LogP contribution in [0, 0.1) is 24.7 Å². The van der Waals surface area contributed by atoms with Gasteiger partial charge in [0, 0.05) is 17.5 Å². The lowest BCUT2D eigenvalue weighted by Crippen LogP contribution is -2.48. The van der Waals surface area contributed by atoms with Crippen molar-refractivity contribution >= 4 is 23.7 Å². The minimum absolute atomic E-state index is 0.0497. The monoisotopic (exact) mass is 600 g/mol. The molecule has 1 N–H and O–H groups in total. The van der Waals surface area contributed by atoms with Crippen molar-refractivity contribution in [1.29, 1.82) is 0 Å². The van der Waals surface area contributed by atoms with Crippen LogP contribution in [-0.4, -0.2) is 39.8 Å². The summed E-state index contributed by atoms with van der Waals surface area (Å²) in [6.45, 7) is 1.92. The number of carbonyl (C=O) groups is 2. The third-order valence-electron chi connectivity index (χ3n) is 10.7. The number of aliphatic imine (C=N–C) groups is 1. The Morgan fingerprint density at radius 2 is 1.51 bits per heavy atom. The summed E-state index contributed by atoms with van der Waals surface area (Å²) in [5, 5.41) is 3.23. The van der Waals surface area contributed by atoms with Gasteiger partial charge in [0.2, 0.25) is 0 Å². The van der Waals surface area contributed by atoms with Crippen LogP contribution in [-0.2, 0) is 12.0 Å². The predicted octanol–water partition coefficient (Wildman–Crippen LogP) is 6.50. The van der Waals surface area contributed by atoms with Crippen molar-refractivity contribution in [3.63, 3.8) is 0 Å². The molecule has 0 atom stereocenters. The number of fused-ring (bicyclic) bond motifs is 1. The molecule has 45 heavy (non-hydrogen) atoms. The molecule has 2 amide bonds. The Morgan fingerprint density at radius 3 is 2.11 bits per heavy atom. The van der Waals surface area contributed by atoms with E-state index in [0.717, 1.165) is 23.4 Å². The number of carbonyl (C=O) groups excluding carboxylic acids is 2. The predicted molar refractivity (Wildman–Crippen MR) is 172 cm³/mol. The topological polar surface area (TPSA) is 96.8 Å². The van der Waals surface area contributed by atoms with E-state index in [1.807, 2.05) is 6.92 Å². The van der Waals surface area contributed by atoms with Crippen molar-refractivity contribution in [3.05, 3.63) is 111 Å². The maximum absolute atomic E-state index is 13.5. The highest BCUT2D eigenvalue weighted by atomic mass is 16.5. The van der Waals surface area contributed by atoms with Crippen LogP contribution >= 0.6 is 0 Å². The van der Waals surface area contributed by atoms with Gasteiger partial charge in [0.25, 0.3) is 17.4 Å². The van der Waals surface area contributed by atoms with Gasteiger partial charge in [0.15, 0.2) is 0 Å². The van der Waals surface area contributed by atoms with Crippen LogP contribution in [0.1, 0.15) is 81.6 Å². The van der Waals surface area contributed by atoms with Gasteiger partial charge in [-0.25, -0.2) is 4.68 Å². The van der Waals surface area contributed by atoms with Gasteiger partial charge in [0.05, 0.1) is 41.7 Å². The first-order chi connectivity index (χ1) is 21.8. The molecule has 4 fully saturated rings. The van der Waals surface area contributed by atoms with E-state index in [0.29, 0.717) is 44.8 Å². The number of rotatable bonds is 7. The molecule has 2 heterocycles. The van der Waals surface area contributed by atoms with Gasteiger partial charge in [0.1, 0.15) is 5.75 Å². The summed E-state index contributed by atoms with van der Waals surface area (Å²) in [5.74, 6) is 2.53. The minimum atomic E-state index is -0.332. The Balaban J connectivity index is 1.03. The number of hydrogen-bond donors (Lipinski definition) is 1. The van der Waals surface area contributed by atoms with Crippen LogP contribution in [0.15, 0.2) is 76.5 Å². The van der Waals surface area contributed by atoms with Gasteiger partial charge in [-0.05, 0) is 117 Å². The zero-order valence-corrected chi connectivity index (χ0v) is 25.6. The second kappa shape index (κ2) is 10.4. The standard InChI is InChI=1S/C37H36N4O4/c1-22-32(20-38-28-9-12-33(45-2)26(16-28)21-40-34(42)30-5-3-4-6-31(30)35(40)43)36(44)41(39-22)29-10-7-27(8-11-29)37-17-23-13-24(18-37)15-25(14-23)19-37/h3-12,16,20,23-25,39H,13-15,17-19,21H2,1-2H3. The molecule has 0 radical (unpaired) electrons. The minimum Gasteiger partial charge on any atom is -0.496 e. The third-order valence-corrected chi connectivity index (χ3v) is 10.7. The molecule has 1 aromatic heterocycles. The fraction of sp³-hybridized carbons (Fsp3) is 0.351. The van der Waals surface area contributed by atoms with Gasteiger partial charge in [-0.15, -0.1) is 0 Å². The van der Waals surface area contributed by atoms with Crippen LogP contribution in [0.4, 0.5) is 5.69 Å². The molecule has 3 aromatic carbocycles. The normalized spacial score (nSPS) is 25.0. The second-order valence-corrected chi connectivity index (χ2v) is 13.5. The molecular formula is C37H36N4O4. The zero-order valence-electron chi connectivity index (χ0n) is 25.6. The Bertz CT molecular complexity index is 1860. The number of benzene rings is 3. The lowest BCUT2D eigenvalue weighted by atomic mass is 9.48. The third kappa shape index (κ3) is 4.57. The highest BCUT2D eigenvalue weighted by molar-refractivity contribution is 6.21. The Labute approximate surface area is 261 Å². The van der Waals surface area contributed by atoms with Crippen LogP contribution in [0.5, 0.6) is 5.75 Å². The molecule has 5 aliphatic rings. The van der Waals surface area contributed by atoms with Gasteiger partial charge in [-0.3, -0.25) is 29.4 Å². The average molecular weight is 601 g/mol. The molecule has 4 saturated carbocycles. The van der Waals surface area contributed by atoms with Crippen molar-refractivity contribution in [1.82, 2.24) is 14.7 Å². The van der Waals surface area contributed by atoms with E-state index >= 15 is 0 Å². The van der Waals surface area contributed by atoms with Gasteiger partial charge < -0.3 is 4.74 Å². The maximum Gasteiger partial charge on any atom is 0.280 e. The number of nitrogens with zero attached hydrogens (tertiary/aromatic N) is 3.